The van der Waals surface area contributed by atoms with Gasteiger partial charge in [-0.25, -0.2) is 0 Å². The van der Waals surface area contributed by atoms with Gasteiger partial charge in [0, 0.05) is 25.8 Å². The molecule has 1 fully saturated rings. The molecule has 1 saturated carbocycles. The molecule has 1 aliphatic rings. The lowest BCUT2D eigenvalue weighted by molar-refractivity contribution is 0.427. The SMILES string of the molecule is CN(c1cnccc1CN)C1CCCCC1. The Hall–Kier alpha value is -1.09. The number of hydrogen-bond acceptors (Lipinski definition) is 3. The summed E-state index contributed by atoms with van der Waals surface area (Å²) in [5.74, 6) is 0. The van der Waals surface area contributed by atoms with Gasteiger partial charge in [0.15, 0.2) is 0 Å². The van der Waals surface area contributed by atoms with Gasteiger partial charge in [0.25, 0.3) is 0 Å². The maximum atomic E-state index is 5.76. The minimum absolute atomic E-state index is 0.592. The summed E-state index contributed by atoms with van der Waals surface area (Å²) in [4.78, 5) is 6.58. The van der Waals surface area contributed by atoms with Crippen LogP contribution in [0.1, 0.15) is 37.7 Å². The summed E-state index contributed by atoms with van der Waals surface area (Å²) in [6.45, 7) is 0.592. The van der Waals surface area contributed by atoms with Crippen LogP contribution in [0.25, 0.3) is 0 Å². The average Bonchev–Trinajstić information content (AvgIpc) is 2.39. The number of rotatable bonds is 3. The highest BCUT2D eigenvalue weighted by Crippen LogP contribution is 2.27. The van der Waals surface area contributed by atoms with Crippen molar-refractivity contribution in [2.45, 2.75) is 44.7 Å². The van der Waals surface area contributed by atoms with E-state index in [0.29, 0.717) is 12.6 Å². The van der Waals surface area contributed by atoms with Gasteiger partial charge in [-0.05, 0) is 24.5 Å². The largest absolute Gasteiger partial charge is 0.370 e. The summed E-state index contributed by atoms with van der Waals surface area (Å²) < 4.78 is 0. The van der Waals surface area contributed by atoms with Gasteiger partial charge >= 0.3 is 0 Å². The molecule has 2 rings (SSSR count). The van der Waals surface area contributed by atoms with Crippen molar-refractivity contribution < 1.29 is 0 Å². The van der Waals surface area contributed by atoms with E-state index in [1.54, 1.807) is 0 Å². The van der Waals surface area contributed by atoms with Crippen LogP contribution in [0, 0.1) is 0 Å². The van der Waals surface area contributed by atoms with Crippen molar-refractivity contribution in [3.8, 4) is 0 Å². The molecule has 1 aromatic heterocycles. The zero-order valence-corrected chi connectivity index (χ0v) is 10.0. The minimum Gasteiger partial charge on any atom is -0.370 e. The maximum Gasteiger partial charge on any atom is 0.0598 e. The molecular weight excluding hydrogens is 198 g/mol. The lowest BCUT2D eigenvalue weighted by Crippen LogP contribution is -2.34. The first-order chi connectivity index (χ1) is 7.83. The van der Waals surface area contributed by atoms with Crippen molar-refractivity contribution in [3.05, 3.63) is 24.0 Å². The second kappa shape index (κ2) is 5.30. The molecule has 0 unspecified atom stereocenters. The molecule has 2 N–H and O–H groups in total. The van der Waals surface area contributed by atoms with Gasteiger partial charge in [0.05, 0.1) is 11.9 Å². The lowest BCUT2D eigenvalue weighted by Gasteiger charge is -2.33. The number of anilines is 1. The molecule has 0 radical (unpaired) electrons. The molecule has 0 amide bonds. The van der Waals surface area contributed by atoms with Gasteiger partial charge in [0.1, 0.15) is 0 Å². The Kier molecular flexibility index (Phi) is 3.78. The molecule has 0 spiro atoms. The van der Waals surface area contributed by atoms with Crippen molar-refractivity contribution in [3.63, 3.8) is 0 Å². The van der Waals surface area contributed by atoms with Crippen LogP contribution in [-0.2, 0) is 6.54 Å². The minimum atomic E-state index is 0.592. The number of nitrogens with zero attached hydrogens (tertiary/aromatic N) is 2. The third-order valence-corrected chi connectivity index (χ3v) is 3.61. The Morgan fingerprint density at radius 1 is 1.38 bits per heavy atom. The van der Waals surface area contributed by atoms with Crippen molar-refractivity contribution in [1.82, 2.24) is 4.98 Å². The predicted octanol–water partition coefficient (Wildman–Crippen LogP) is 2.31. The molecule has 16 heavy (non-hydrogen) atoms. The highest BCUT2D eigenvalue weighted by Gasteiger charge is 2.19. The van der Waals surface area contributed by atoms with E-state index in [0.717, 1.165) is 0 Å². The highest BCUT2D eigenvalue weighted by molar-refractivity contribution is 5.51. The van der Waals surface area contributed by atoms with Crippen LogP contribution in [0.15, 0.2) is 18.5 Å². The third-order valence-electron chi connectivity index (χ3n) is 3.61. The second-order valence-electron chi connectivity index (χ2n) is 4.61. The summed E-state index contributed by atoms with van der Waals surface area (Å²) >= 11 is 0. The molecule has 0 aliphatic heterocycles. The number of pyridine rings is 1. The van der Waals surface area contributed by atoms with E-state index >= 15 is 0 Å². The zero-order chi connectivity index (χ0) is 11.4. The fraction of sp³-hybridized carbons (Fsp3) is 0.615. The molecule has 1 aromatic rings. The van der Waals surface area contributed by atoms with Crippen molar-refractivity contribution >= 4 is 5.69 Å². The first-order valence-electron chi connectivity index (χ1n) is 6.18. The fourth-order valence-electron chi connectivity index (χ4n) is 2.57. The van der Waals surface area contributed by atoms with Gasteiger partial charge in [0.2, 0.25) is 0 Å². The smallest absolute Gasteiger partial charge is 0.0598 e. The van der Waals surface area contributed by atoms with Crippen molar-refractivity contribution in [2.75, 3.05) is 11.9 Å². The number of aromatic nitrogens is 1. The van der Waals surface area contributed by atoms with Gasteiger partial charge in [-0.2, -0.15) is 0 Å². The van der Waals surface area contributed by atoms with Crippen LogP contribution in [-0.4, -0.2) is 18.1 Å². The van der Waals surface area contributed by atoms with Crippen molar-refractivity contribution in [2.24, 2.45) is 5.73 Å². The van der Waals surface area contributed by atoms with Crippen LogP contribution in [0.5, 0.6) is 0 Å². The topological polar surface area (TPSA) is 42.2 Å². The molecular formula is C13H21N3. The van der Waals surface area contributed by atoms with Crippen molar-refractivity contribution in [1.29, 1.82) is 0 Å². The molecule has 0 aromatic carbocycles. The van der Waals surface area contributed by atoms with Crippen LogP contribution >= 0.6 is 0 Å². The highest BCUT2D eigenvalue weighted by atomic mass is 15.1. The second-order valence-corrected chi connectivity index (χ2v) is 4.61. The normalized spacial score (nSPS) is 17.4. The third kappa shape index (κ3) is 2.35. The fourth-order valence-corrected chi connectivity index (χ4v) is 2.57. The molecule has 88 valence electrons. The quantitative estimate of drug-likeness (QED) is 0.848. The first-order valence-corrected chi connectivity index (χ1v) is 6.18. The Bertz CT molecular complexity index is 332. The maximum absolute atomic E-state index is 5.76. The summed E-state index contributed by atoms with van der Waals surface area (Å²) in [6, 6.07) is 2.69. The molecule has 1 aliphatic carbocycles. The molecule has 0 atom stereocenters. The van der Waals surface area contributed by atoms with Gasteiger partial charge in [-0.15, -0.1) is 0 Å². The first kappa shape index (κ1) is 11.4. The molecule has 0 bridgehead atoms. The summed E-state index contributed by atoms with van der Waals surface area (Å²) in [5, 5.41) is 0. The average molecular weight is 219 g/mol. The summed E-state index contributed by atoms with van der Waals surface area (Å²) in [7, 11) is 2.17. The van der Waals surface area contributed by atoms with E-state index in [1.165, 1.54) is 43.4 Å². The molecule has 3 nitrogen and oxygen atoms in total. The number of hydrogen-bond donors (Lipinski definition) is 1. The molecule has 0 saturated heterocycles. The lowest BCUT2D eigenvalue weighted by atomic mass is 9.94. The van der Waals surface area contributed by atoms with Crippen LogP contribution in [0.3, 0.4) is 0 Å². The number of nitrogens with two attached hydrogens (primary N) is 1. The van der Waals surface area contributed by atoms with Gasteiger partial charge < -0.3 is 10.6 Å². The van der Waals surface area contributed by atoms with Crippen LogP contribution in [0.4, 0.5) is 5.69 Å². The van der Waals surface area contributed by atoms with Gasteiger partial charge in [-0.1, -0.05) is 19.3 Å². The predicted molar refractivity (Wildman–Crippen MR) is 67.4 cm³/mol. The van der Waals surface area contributed by atoms with E-state index in [4.69, 9.17) is 5.73 Å². The Balaban J connectivity index is 2.15. The Morgan fingerprint density at radius 3 is 2.81 bits per heavy atom. The Morgan fingerprint density at radius 2 is 2.12 bits per heavy atom. The van der Waals surface area contributed by atoms with Crippen LogP contribution in [0.2, 0.25) is 0 Å². The Labute approximate surface area is 97.7 Å². The standard InChI is InChI=1S/C13H21N3/c1-16(12-5-3-2-4-6-12)13-10-15-8-7-11(13)9-14/h7-8,10,12H,2-6,9,14H2,1H3. The van der Waals surface area contributed by atoms with E-state index < -0.39 is 0 Å². The summed E-state index contributed by atoms with van der Waals surface area (Å²) in [6.07, 6.45) is 10.5. The van der Waals surface area contributed by atoms with E-state index in [-0.39, 0.29) is 0 Å². The van der Waals surface area contributed by atoms with E-state index in [9.17, 15) is 0 Å². The van der Waals surface area contributed by atoms with E-state index in [1.807, 2.05) is 18.5 Å². The molecule has 1 heterocycles. The monoisotopic (exact) mass is 219 g/mol. The molecule has 3 heteroatoms. The zero-order valence-electron chi connectivity index (χ0n) is 10.0. The van der Waals surface area contributed by atoms with Gasteiger partial charge in [-0.3, -0.25) is 4.98 Å². The summed E-state index contributed by atoms with van der Waals surface area (Å²) in [5.41, 5.74) is 8.17. The van der Waals surface area contributed by atoms with Crippen LogP contribution < -0.4 is 10.6 Å². The van der Waals surface area contributed by atoms with E-state index in [2.05, 4.69) is 16.9 Å².